The Kier molecular flexibility index (Phi) is 5.37. The van der Waals surface area contributed by atoms with Crippen molar-refractivity contribution in [2.24, 2.45) is 0 Å². The highest BCUT2D eigenvalue weighted by molar-refractivity contribution is 5.94. The highest BCUT2D eigenvalue weighted by Crippen LogP contribution is 2.35. The third-order valence-electron chi connectivity index (χ3n) is 6.70. The van der Waals surface area contributed by atoms with Gasteiger partial charge in [0.05, 0.1) is 23.8 Å². The highest BCUT2D eigenvalue weighted by atomic mass is 16.1. The van der Waals surface area contributed by atoms with Gasteiger partial charge in [-0.3, -0.25) is 4.79 Å². The second-order valence-corrected chi connectivity index (χ2v) is 8.94. The summed E-state index contributed by atoms with van der Waals surface area (Å²) in [6.45, 7) is 3.89. The quantitative estimate of drug-likeness (QED) is 0.316. The molecule has 2 aromatic carbocycles. The van der Waals surface area contributed by atoms with E-state index in [2.05, 4.69) is 10.2 Å². The fourth-order valence-electron chi connectivity index (χ4n) is 4.70. The van der Waals surface area contributed by atoms with Gasteiger partial charge in [-0.2, -0.15) is 10.2 Å². The largest absolute Gasteiger partial charge is 0.298 e. The third-order valence-corrected chi connectivity index (χ3v) is 6.70. The monoisotopic (exact) mass is 472 g/mol. The van der Waals surface area contributed by atoms with Gasteiger partial charge in [0.1, 0.15) is 5.78 Å². The van der Waals surface area contributed by atoms with E-state index in [0.29, 0.717) is 0 Å². The Hall–Kier alpha value is -4.65. The summed E-state index contributed by atoms with van der Waals surface area (Å²) in [4.78, 5) is 23.8. The summed E-state index contributed by atoms with van der Waals surface area (Å²) in [7, 11) is 0. The van der Waals surface area contributed by atoms with Crippen molar-refractivity contribution in [1.82, 2.24) is 29.2 Å². The number of fused-ring (bicyclic) bond motifs is 2. The molecular formula is C29H24N6O. The van der Waals surface area contributed by atoms with Crippen LogP contribution in [0.3, 0.4) is 0 Å². The van der Waals surface area contributed by atoms with Crippen LogP contribution < -0.4 is 0 Å². The molecule has 6 rings (SSSR count). The van der Waals surface area contributed by atoms with E-state index in [9.17, 15) is 4.79 Å². The summed E-state index contributed by atoms with van der Waals surface area (Å²) in [5.74, 6) is -0.771. The van der Waals surface area contributed by atoms with Crippen LogP contribution in [0.25, 0.3) is 33.8 Å². The van der Waals surface area contributed by atoms with Crippen molar-refractivity contribution >= 4 is 17.1 Å². The number of carbonyl (C=O) groups is 1. The van der Waals surface area contributed by atoms with Crippen molar-refractivity contribution in [2.75, 3.05) is 0 Å². The average molecular weight is 473 g/mol. The number of ketones is 1. The van der Waals surface area contributed by atoms with E-state index < -0.39 is 11.8 Å². The molecule has 4 heterocycles. The summed E-state index contributed by atoms with van der Waals surface area (Å²) >= 11 is 0. The molecule has 0 saturated heterocycles. The Morgan fingerprint density at radius 3 is 1.47 bits per heavy atom. The molecule has 0 aliphatic rings. The van der Waals surface area contributed by atoms with E-state index in [4.69, 9.17) is 9.97 Å². The van der Waals surface area contributed by atoms with E-state index in [1.54, 1.807) is 21.4 Å². The minimum absolute atomic E-state index is 0.0750. The first-order chi connectivity index (χ1) is 17.6. The molecule has 4 aromatic heterocycles. The Morgan fingerprint density at radius 2 is 1.06 bits per heavy atom. The van der Waals surface area contributed by atoms with Gasteiger partial charge in [-0.1, -0.05) is 74.5 Å². The molecule has 2 unspecified atom stereocenters. The van der Waals surface area contributed by atoms with E-state index >= 15 is 0 Å². The molecule has 0 spiro atoms. The topological polar surface area (TPSA) is 77.5 Å². The number of Topliss-reactive ketones (excluding diaryl/α,β-unsaturated/α-hetero) is 1. The number of nitrogens with zero attached hydrogens (tertiary/aromatic N) is 6. The summed E-state index contributed by atoms with van der Waals surface area (Å²) in [6.07, 6.45) is 7.28. The normalized spacial score (nSPS) is 13.2. The van der Waals surface area contributed by atoms with Crippen molar-refractivity contribution in [2.45, 2.75) is 25.7 Å². The maximum Gasteiger partial charge on any atom is 0.155 e. The van der Waals surface area contributed by atoms with Crippen LogP contribution in [-0.2, 0) is 4.79 Å². The molecular weight excluding hydrogens is 448 g/mol. The van der Waals surface area contributed by atoms with Crippen LogP contribution in [0.2, 0.25) is 0 Å². The SMILES string of the molecule is CC(C(=O)C(C)c1cn2nccc2nc1-c1ccccc1)c1cn2nccc2nc1-c1ccccc1. The Labute approximate surface area is 208 Å². The Balaban J connectivity index is 1.45. The maximum atomic E-state index is 14.0. The van der Waals surface area contributed by atoms with Gasteiger partial charge in [0.2, 0.25) is 0 Å². The Morgan fingerprint density at radius 1 is 0.639 bits per heavy atom. The van der Waals surface area contributed by atoms with Gasteiger partial charge in [0.25, 0.3) is 0 Å². The summed E-state index contributed by atoms with van der Waals surface area (Å²) in [6, 6.07) is 23.7. The van der Waals surface area contributed by atoms with E-state index in [1.165, 1.54) is 0 Å². The number of aromatic nitrogens is 6. The lowest BCUT2D eigenvalue weighted by molar-refractivity contribution is -0.121. The van der Waals surface area contributed by atoms with Crippen LogP contribution in [0.1, 0.15) is 36.8 Å². The first-order valence-electron chi connectivity index (χ1n) is 11.9. The molecule has 0 amide bonds. The molecule has 0 radical (unpaired) electrons. The van der Waals surface area contributed by atoms with E-state index in [0.717, 1.165) is 44.9 Å². The second kappa shape index (κ2) is 8.85. The fraction of sp³-hybridized carbons (Fsp3) is 0.138. The van der Waals surface area contributed by atoms with Gasteiger partial charge in [0, 0.05) is 58.6 Å². The number of hydrogen-bond donors (Lipinski definition) is 0. The number of carbonyl (C=O) groups excluding carboxylic acids is 1. The zero-order chi connectivity index (χ0) is 24.6. The van der Waals surface area contributed by atoms with Gasteiger partial charge in [0.15, 0.2) is 11.3 Å². The molecule has 6 aromatic rings. The lowest BCUT2D eigenvalue weighted by Gasteiger charge is -2.21. The smallest absolute Gasteiger partial charge is 0.155 e. The van der Waals surface area contributed by atoms with Crippen LogP contribution in [0.5, 0.6) is 0 Å². The van der Waals surface area contributed by atoms with Crippen molar-refractivity contribution < 1.29 is 4.79 Å². The van der Waals surface area contributed by atoms with Gasteiger partial charge in [-0.25, -0.2) is 19.0 Å². The molecule has 0 bridgehead atoms. The summed E-state index contributed by atoms with van der Waals surface area (Å²) in [5, 5.41) is 8.72. The zero-order valence-corrected chi connectivity index (χ0v) is 20.0. The van der Waals surface area contributed by atoms with Crippen molar-refractivity contribution in [3.8, 4) is 22.5 Å². The summed E-state index contributed by atoms with van der Waals surface area (Å²) in [5.41, 5.74) is 6.67. The third kappa shape index (κ3) is 3.75. The minimum atomic E-state index is -0.423. The van der Waals surface area contributed by atoms with Crippen molar-refractivity contribution in [1.29, 1.82) is 0 Å². The molecule has 36 heavy (non-hydrogen) atoms. The lowest BCUT2D eigenvalue weighted by Crippen LogP contribution is -2.20. The molecule has 0 aliphatic heterocycles. The predicted molar refractivity (Wildman–Crippen MR) is 139 cm³/mol. The van der Waals surface area contributed by atoms with Gasteiger partial charge < -0.3 is 0 Å². The predicted octanol–water partition coefficient (Wildman–Crippen LogP) is 5.58. The highest BCUT2D eigenvalue weighted by Gasteiger charge is 2.29. The maximum absolute atomic E-state index is 14.0. The lowest BCUT2D eigenvalue weighted by atomic mass is 9.84. The molecule has 0 saturated carbocycles. The van der Waals surface area contributed by atoms with Crippen LogP contribution in [0.15, 0.2) is 97.6 Å². The van der Waals surface area contributed by atoms with E-state index in [1.807, 2.05) is 99.0 Å². The minimum Gasteiger partial charge on any atom is -0.298 e. The number of hydrogen-bond acceptors (Lipinski definition) is 5. The van der Waals surface area contributed by atoms with Crippen LogP contribution >= 0.6 is 0 Å². The second-order valence-electron chi connectivity index (χ2n) is 8.94. The first-order valence-corrected chi connectivity index (χ1v) is 11.9. The van der Waals surface area contributed by atoms with Crippen molar-refractivity contribution in [3.05, 3.63) is 109 Å². The standard InChI is InChI=1S/C29H24N6O/c1-19(23-17-34-25(13-15-30-34)32-27(23)21-9-5-3-6-10-21)29(36)20(2)24-18-35-26(14-16-31-35)33-28(24)22-11-7-4-8-12-22/h3-20H,1-2H3. The average Bonchev–Trinajstić information content (AvgIpc) is 3.60. The molecule has 2 atom stereocenters. The molecule has 7 heteroatoms. The van der Waals surface area contributed by atoms with Gasteiger partial charge in [-0.05, 0) is 0 Å². The van der Waals surface area contributed by atoms with Crippen LogP contribution in [-0.4, -0.2) is 35.0 Å². The van der Waals surface area contributed by atoms with Crippen LogP contribution in [0, 0.1) is 0 Å². The molecule has 0 aliphatic carbocycles. The Bertz CT molecular complexity index is 1560. The zero-order valence-electron chi connectivity index (χ0n) is 20.0. The van der Waals surface area contributed by atoms with E-state index in [-0.39, 0.29) is 5.78 Å². The fourth-order valence-corrected chi connectivity index (χ4v) is 4.70. The molecule has 0 fully saturated rings. The van der Waals surface area contributed by atoms with Gasteiger partial charge in [-0.15, -0.1) is 0 Å². The molecule has 7 nitrogen and oxygen atoms in total. The van der Waals surface area contributed by atoms with Gasteiger partial charge >= 0.3 is 0 Å². The first kappa shape index (κ1) is 21.9. The summed E-state index contributed by atoms with van der Waals surface area (Å²) < 4.78 is 3.45. The molecule has 0 N–H and O–H groups in total. The van der Waals surface area contributed by atoms with Crippen molar-refractivity contribution in [3.63, 3.8) is 0 Å². The number of rotatable bonds is 6. The number of benzene rings is 2. The van der Waals surface area contributed by atoms with Crippen LogP contribution in [0.4, 0.5) is 0 Å². The molecule has 176 valence electrons.